The van der Waals surface area contributed by atoms with Crippen LogP contribution in [0.5, 0.6) is 0 Å². The quantitative estimate of drug-likeness (QED) is 0.797. The highest BCUT2D eigenvalue weighted by molar-refractivity contribution is 5.72. The first kappa shape index (κ1) is 14.0. The number of aliphatic carboxylic acids is 1. The molecule has 0 bridgehead atoms. The van der Waals surface area contributed by atoms with E-state index in [1.807, 2.05) is 26.8 Å². The van der Waals surface area contributed by atoms with E-state index in [4.69, 9.17) is 11.5 Å². The summed E-state index contributed by atoms with van der Waals surface area (Å²) in [6, 6.07) is 1.89. The second-order valence-corrected chi connectivity index (χ2v) is 4.34. The van der Waals surface area contributed by atoms with Crippen molar-refractivity contribution in [3.8, 4) is 12.3 Å². The first-order chi connectivity index (χ1) is 8.43. The van der Waals surface area contributed by atoms with Gasteiger partial charge in [-0.25, -0.2) is 9.97 Å². The van der Waals surface area contributed by atoms with Crippen molar-refractivity contribution in [2.75, 3.05) is 18.0 Å². The summed E-state index contributed by atoms with van der Waals surface area (Å²) in [7, 11) is 0. The highest BCUT2D eigenvalue weighted by Crippen LogP contribution is 2.16. The van der Waals surface area contributed by atoms with E-state index < -0.39 is 5.97 Å². The lowest BCUT2D eigenvalue weighted by Crippen LogP contribution is -2.32. The number of terminal acetylenes is 1. The van der Waals surface area contributed by atoms with Gasteiger partial charge in [0.15, 0.2) is 0 Å². The Morgan fingerprint density at radius 2 is 2.22 bits per heavy atom. The molecule has 5 nitrogen and oxygen atoms in total. The molecule has 0 unspecified atom stereocenters. The molecule has 1 aromatic heterocycles. The van der Waals surface area contributed by atoms with Crippen LogP contribution in [0.2, 0.25) is 0 Å². The zero-order valence-corrected chi connectivity index (χ0v) is 10.8. The summed E-state index contributed by atoms with van der Waals surface area (Å²) < 4.78 is 0. The Kier molecular flexibility index (Phi) is 4.67. The zero-order valence-electron chi connectivity index (χ0n) is 10.8. The molecule has 0 spiro atoms. The molecule has 18 heavy (non-hydrogen) atoms. The van der Waals surface area contributed by atoms with Crippen LogP contribution in [0.1, 0.15) is 31.2 Å². The maximum atomic E-state index is 10.8. The van der Waals surface area contributed by atoms with Gasteiger partial charge in [0.2, 0.25) is 5.95 Å². The molecule has 0 aliphatic heterocycles. The number of nitrogens with zero attached hydrogens (tertiary/aromatic N) is 3. The van der Waals surface area contributed by atoms with E-state index in [1.54, 1.807) is 0 Å². The number of aromatic nitrogens is 2. The largest absolute Gasteiger partial charge is 0.480 e. The normalized spacial score (nSPS) is 10.2. The molecule has 0 aromatic carbocycles. The van der Waals surface area contributed by atoms with E-state index in [1.165, 1.54) is 4.90 Å². The molecule has 1 aromatic rings. The molecule has 0 amide bonds. The Morgan fingerprint density at radius 1 is 1.56 bits per heavy atom. The minimum Gasteiger partial charge on any atom is -0.480 e. The van der Waals surface area contributed by atoms with Crippen molar-refractivity contribution in [2.24, 2.45) is 0 Å². The molecule has 0 aliphatic carbocycles. The third-order valence-corrected chi connectivity index (χ3v) is 2.34. The van der Waals surface area contributed by atoms with E-state index in [0.29, 0.717) is 5.95 Å². The second kappa shape index (κ2) is 6.01. The van der Waals surface area contributed by atoms with Gasteiger partial charge in [0.05, 0.1) is 6.54 Å². The monoisotopic (exact) mass is 247 g/mol. The molecule has 1 N–H and O–H groups in total. The van der Waals surface area contributed by atoms with Gasteiger partial charge in [0, 0.05) is 11.4 Å². The minimum atomic E-state index is -0.957. The summed E-state index contributed by atoms with van der Waals surface area (Å²) in [5.41, 5.74) is 1.68. The van der Waals surface area contributed by atoms with Gasteiger partial charge in [-0.15, -0.1) is 6.42 Å². The van der Waals surface area contributed by atoms with Crippen molar-refractivity contribution in [1.29, 1.82) is 0 Å². The van der Waals surface area contributed by atoms with E-state index >= 15 is 0 Å². The number of carbonyl (C=O) groups is 1. The van der Waals surface area contributed by atoms with Crippen molar-refractivity contribution in [3.63, 3.8) is 0 Å². The fourth-order valence-corrected chi connectivity index (χ4v) is 1.48. The van der Waals surface area contributed by atoms with Gasteiger partial charge in [-0.3, -0.25) is 4.79 Å². The van der Waals surface area contributed by atoms with Gasteiger partial charge >= 0.3 is 5.97 Å². The molecule has 0 radical (unpaired) electrons. The summed E-state index contributed by atoms with van der Waals surface area (Å²) >= 11 is 0. The maximum Gasteiger partial charge on any atom is 0.323 e. The van der Waals surface area contributed by atoms with Crippen molar-refractivity contribution < 1.29 is 9.90 Å². The predicted molar refractivity (Wildman–Crippen MR) is 69.5 cm³/mol. The first-order valence-electron chi connectivity index (χ1n) is 5.69. The fraction of sp³-hybridized carbons (Fsp3) is 0.462. The van der Waals surface area contributed by atoms with Gasteiger partial charge in [-0.1, -0.05) is 19.8 Å². The number of rotatable bonds is 5. The molecule has 0 fully saturated rings. The lowest BCUT2D eigenvalue weighted by atomic mass is 10.1. The highest BCUT2D eigenvalue weighted by atomic mass is 16.4. The number of carboxylic acid groups (broad SMARTS) is 1. The third kappa shape index (κ3) is 3.74. The molecular weight excluding hydrogens is 230 g/mol. The molecule has 1 rings (SSSR count). The van der Waals surface area contributed by atoms with Crippen LogP contribution in [0.4, 0.5) is 5.95 Å². The Balaban J connectivity index is 3.11. The van der Waals surface area contributed by atoms with Crippen LogP contribution in [-0.4, -0.2) is 34.1 Å². The average Bonchev–Trinajstić information content (AvgIpc) is 2.27. The summed E-state index contributed by atoms with van der Waals surface area (Å²) in [4.78, 5) is 20.9. The number of aryl methyl sites for hydroxylation is 1. The van der Waals surface area contributed by atoms with Crippen LogP contribution in [-0.2, 0) is 4.79 Å². The summed E-state index contributed by atoms with van der Waals surface area (Å²) in [6.07, 6.45) is 5.24. The molecule has 0 aliphatic rings. The molecule has 0 saturated heterocycles. The highest BCUT2D eigenvalue weighted by Gasteiger charge is 2.14. The van der Waals surface area contributed by atoms with Crippen LogP contribution in [0.3, 0.4) is 0 Å². The number of anilines is 1. The Hall–Kier alpha value is -2.09. The Morgan fingerprint density at radius 3 is 2.72 bits per heavy atom. The van der Waals surface area contributed by atoms with Crippen LogP contribution in [0.15, 0.2) is 6.07 Å². The first-order valence-corrected chi connectivity index (χ1v) is 5.69. The summed E-state index contributed by atoms with van der Waals surface area (Å²) in [5, 5.41) is 8.85. The summed E-state index contributed by atoms with van der Waals surface area (Å²) in [5.74, 6) is 2.09. The topological polar surface area (TPSA) is 66.3 Å². The predicted octanol–water partition coefficient (Wildman–Crippen LogP) is 1.43. The van der Waals surface area contributed by atoms with Crippen molar-refractivity contribution >= 4 is 11.9 Å². The van der Waals surface area contributed by atoms with Gasteiger partial charge in [0.25, 0.3) is 0 Å². The standard InChI is InChI=1S/C13H17N3O2/c1-5-6-16(8-12(17)18)13-14-10(4)7-11(15-13)9(2)3/h1,7,9H,6,8H2,2-4H3,(H,17,18). The van der Waals surface area contributed by atoms with E-state index in [-0.39, 0.29) is 19.0 Å². The minimum absolute atomic E-state index is 0.174. The third-order valence-electron chi connectivity index (χ3n) is 2.34. The SMILES string of the molecule is C#CCN(CC(=O)O)c1nc(C)cc(C(C)C)n1. The average molecular weight is 247 g/mol. The molecule has 5 heteroatoms. The van der Waals surface area contributed by atoms with Crippen LogP contribution in [0, 0.1) is 19.3 Å². The Labute approximate surface area is 107 Å². The number of carboxylic acids is 1. The van der Waals surface area contributed by atoms with Crippen LogP contribution >= 0.6 is 0 Å². The van der Waals surface area contributed by atoms with Crippen LogP contribution < -0.4 is 4.90 Å². The Bertz CT molecular complexity index is 478. The smallest absolute Gasteiger partial charge is 0.323 e. The van der Waals surface area contributed by atoms with Gasteiger partial charge in [-0.2, -0.15) is 0 Å². The molecule has 0 atom stereocenters. The number of hydrogen-bond donors (Lipinski definition) is 1. The lowest BCUT2D eigenvalue weighted by molar-refractivity contribution is -0.135. The van der Waals surface area contributed by atoms with Gasteiger partial charge in [0.1, 0.15) is 6.54 Å². The van der Waals surface area contributed by atoms with E-state index in [9.17, 15) is 4.79 Å². The van der Waals surface area contributed by atoms with Crippen molar-refractivity contribution in [1.82, 2.24) is 9.97 Å². The van der Waals surface area contributed by atoms with E-state index in [0.717, 1.165) is 11.4 Å². The zero-order chi connectivity index (χ0) is 13.7. The number of hydrogen-bond acceptors (Lipinski definition) is 4. The molecule has 1 heterocycles. The second-order valence-electron chi connectivity index (χ2n) is 4.34. The summed E-state index contributed by atoms with van der Waals surface area (Å²) in [6.45, 7) is 5.87. The molecule has 96 valence electrons. The fourth-order valence-electron chi connectivity index (χ4n) is 1.48. The van der Waals surface area contributed by atoms with Crippen molar-refractivity contribution in [3.05, 3.63) is 17.5 Å². The van der Waals surface area contributed by atoms with Gasteiger partial charge in [-0.05, 0) is 18.9 Å². The molecular formula is C13H17N3O2. The van der Waals surface area contributed by atoms with Crippen LogP contribution in [0.25, 0.3) is 0 Å². The molecule has 0 saturated carbocycles. The maximum absolute atomic E-state index is 10.8. The van der Waals surface area contributed by atoms with Crippen molar-refractivity contribution in [2.45, 2.75) is 26.7 Å². The van der Waals surface area contributed by atoms with Gasteiger partial charge < -0.3 is 10.0 Å². The lowest BCUT2D eigenvalue weighted by Gasteiger charge is -2.19. The van der Waals surface area contributed by atoms with E-state index in [2.05, 4.69) is 15.9 Å².